The number of carboxylic acids is 1. The van der Waals surface area contributed by atoms with E-state index in [-0.39, 0.29) is 57.5 Å². The van der Waals surface area contributed by atoms with Gasteiger partial charge in [-0.15, -0.1) is 0 Å². The highest BCUT2D eigenvalue weighted by Gasteiger charge is 2.65. The minimum Gasteiger partial charge on any atom is -0.506 e. The summed E-state index contributed by atoms with van der Waals surface area (Å²) in [4.78, 5) is 24.8. The molecular weight excluding hydrogens is 821 g/mol. The van der Waals surface area contributed by atoms with Crippen molar-refractivity contribution in [2.45, 2.75) is 140 Å². The largest absolute Gasteiger partial charge is 0.506 e. The molecule has 12 nitrogen and oxygen atoms in total. The number of aryl methyl sites for hydroxylation is 1. The maximum absolute atomic E-state index is 12.6. The highest BCUT2D eigenvalue weighted by molar-refractivity contribution is 8.76. The third kappa shape index (κ3) is 7.24. The Morgan fingerprint density at radius 3 is 2.43 bits per heavy atom. The van der Waals surface area contributed by atoms with E-state index in [1.807, 2.05) is 0 Å². The maximum Gasteiger partial charge on any atom is 0.335 e. The van der Waals surface area contributed by atoms with Crippen LogP contribution in [0.3, 0.4) is 0 Å². The predicted molar refractivity (Wildman–Crippen MR) is 232 cm³/mol. The number of aliphatic hydroxyl groups is 4. The first-order valence-corrected chi connectivity index (χ1v) is 25.1. The highest BCUT2D eigenvalue weighted by Crippen LogP contribution is 2.74. The van der Waals surface area contributed by atoms with Crippen molar-refractivity contribution in [3.05, 3.63) is 34.9 Å². The van der Waals surface area contributed by atoms with Crippen LogP contribution in [0.4, 0.5) is 0 Å². The van der Waals surface area contributed by atoms with Gasteiger partial charge in [-0.1, -0.05) is 46.9 Å². The Hall–Kier alpha value is -2.14. The molecule has 0 radical (unpaired) electrons. The molecule has 0 unspecified atom stereocenters. The van der Waals surface area contributed by atoms with E-state index in [1.54, 1.807) is 23.8 Å². The van der Waals surface area contributed by atoms with Gasteiger partial charge in [0, 0.05) is 24.4 Å². The molecule has 4 saturated carbocycles. The van der Waals surface area contributed by atoms with Crippen LogP contribution in [-0.2, 0) is 14.2 Å². The molecule has 2 aromatic rings. The number of benzene rings is 2. The summed E-state index contributed by atoms with van der Waals surface area (Å²) in [5.41, 5.74) is -0.344. The van der Waals surface area contributed by atoms with Gasteiger partial charge in [-0.2, -0.15) is 0 Å². The first-order chi connectivity index (χ1) is 29.2. The Kier molecular flexibility index (Phi) is 12.1. The first kappa shape index (κ1) is 44.1. The monoisotopic (exact) mass is 884 g/mol. The predicted octanol–water partition coefficient (Wildman–Crippen LogP) is 7.40. The van der Waals surface area contributed by atoms with Crippen molar-refractivity contribution in [3.63, 3.8) is 0 Å². The number of hydrogen-bond acceptors (Lipinski definition) is 13. The molecule has 6 N–H and O–H groups in total. The van der Waals surface area contributed by atoms with Gasteiger partial charge < -0.3 is 49.6 Å². The Bertz CT molecular complexity index is 1990. The van der Waals surface area contributed by atoms with Gasteiger partial charge in [-0.25, -0.2) is 4.79 Å². The summed E-state index contributed by atoms with van der Waals surface area (Å²) in [7, 11) is 3.17. The Morgan fingerprint density at radius 2 is 1.69 bits per heavy atom. The van der Waals surface area contributed by atoms with Crippen LogP contribution in [-0.4, -0.2) is 111 Å². The average molecular weight is 885 g/mol. The molecule has 3 aliphatic heterocycles. The summed E-state index contributed by atoms with van der Waals surface area (Å²) >= 11 is 0. The van der Waals surface area contributed by atoms with Crippen LogP contribution in [0.2, 0.25) is 0 Å². The zero-order valence-corrected chi connectivity index (χ0v) is 37.2. The van der Waals surface area contributed by atoms with Crippen LogP contribution in [0.5, 0.6) is 11.5 Å². The summed E-state index contributed by atoms with van der Waals surface area (Å²) in [6, 6.07) is 4.15. The molecule has 0 bridgehead atoms. The Balaban J connectivity index is 1.04. The molecule has 4 aliphatic carbocycles. The molecule has 3 heterocycles. The van der Waals surface area contributed by atoms with E-state index in [2.05, 4.69) is 0 Å². The molecule has 14 heteroatoms. The molecule has 0 amide bonds. The van der Waals surface area contributed by atoms with Crippen molar-refractivity contribution in [2.75, 3.05) is 38.1 Å². The molecule has 11 atom stereocenters. The van der Waals surface area contributed by atoms with Crippen molar-refractivity contribution in [2.24, 2.45) is 39.4 Å². The molecule has 9 rings (SSSR count). The first-order valence-electron chi connectivity index (χ1n) is 22.7. The van der Waals surface area contributed by atoms with E-state index in [0.717, 1.165) is 18.6 Å². The number of Topliss-reactive ketones (excluding diaryl/α,β-unsaturated/α-hetero) is 1. The molecule has 7 aliphatic rings. The molecular formula is C47H64O12S2. The topological polar surface area (TPSA) is 192 Å². The average Bonchev–Trinajstić information content (AvgIpc) is 3.94. The summed E-state index contributed by atoms with van der Waals surface area (Å²) in [6.07, 6.45) is 11.0. The Labute approximate surface area is 366 Å². The van der Waals surface area contributed by atoms with Gasteiger partial charge >= 0.3 is 5.97 Å². The van der Waals surface area contributed by atoms with Gasteiger partial charge in [0.15, 0.2) is 5.78 Å². The summed E-state index contributed by atoms with van der Waals surface area (Å²) in [6.45, 7) is 3.77. The Morgan fingerprint density at radius 1 is 0.934 bits per heavy atom. The van der Waals surface area contributed by atoms with Crippen LogP contribution < -0.4 is 4.74 Å². The molecule has 336 valence electrons. The van der Waals surface area contributed by atoms with Gasteiger partial charge in [0.05, 0.1) is 29.7 Å². The van der Waals surface area contributed by atoms with Crippen LogP contribution in [0, 0.1) is 46.3 Å². The number of aromatic hydroxyl groups is 1. The van der Waals surface area contributed by atoms with Gasteiger partial charge in [-0.3, -0.25) is 4.79 Å². The lowest BCUT2D eigenvalue weighted by molar-refractivity contribution is -0.323. The highest BCUT2D eigenvalue weighted by atomic mass is 33.1. The van der Waals surface area contributed by atoms with Gasteiger partial charge in [-0.05, 0) is 148 Å². The van der Waals surface area contributed by atoms with Crippen molar-refractivity contribution in [1.82, 2.24) is 0 Å². The minimum absolute atomic E-state index is 0.0484. The van der Waals surface area contributed by atoms with E-state index in [0.29, 0.717) is 60.2 Å². The molecule has 3 saturated heterocycles. The number of carbonyl (C=O) groups is 2. The smallest absolute Gasteiger partial charge is 0.335 e. The summed E-state index contributed by atoms with van der Waals surface area (Å²) in [5, 5.41) is 67.8. The summed E-state index contributed by atoms with van der Waals surface area (Å²) in [5.74, 6) is -0.458. The van der Waals surface area contributed by atoms with Crippen LogP contribution in [0.1, 0.15) is 130 Å². The van der Waals surface area contributed by atoms with E-state index in [4.69, 9.17) is 18.9 Å². The fourth-order valence-corrected chi connectivity index (χ4v) is 17.4. The second-order valence-electron chi connectivity index (χ2n) is 20.3. The fourth-order valence-electron chi connectivity index (χ4n) is 15.0. The number of rotatable bonds is 7. The molecule has 0 aromatic heterocycles. The van der Waals surface area contributed by atoms with Gasteiger partial charge in [0.1, 0.15) is 41.4 Å². The zero-order chi connectivity index (χ0) is 43.0. The number of phenolic OH excluding ortho intramolecular Hbond substituents is 1. The van der Waals surface area contributed by atoms with Crippen LogP contribution in [0.25, 0.3) is 10.8 Å². The van der Waals surface area contributed by atoms with Crippen molar-refractivity contribution in [1.29, 1.82) is 0 Å². The number of fused-ring (bicyclic) bond motifs is 2. The van der Waals surface area contributed by atoms with Crippen molar-refractivity contribution in [3.8, 4) is 11.5 Å². The van der Waals surface area contributed by atoms with Gasteiger partial charge in [0.2, 0.25) is 6.29 Å². The minimum atomic E-state index is -1.71. The SMILES string of the molecule is CC(=O)c1c(C)cc2cc(C(=O)O)cc(O[C@@H]3O[C@H](CO)[C@]4(CC[C@@H]5C[C@]6(CC[C@@]7(CCCC78CCCC8)C6)C[C@H]6COC[C@@](CCO)(CSSCO4)[C@@H]56)[C@H](O)[C@H]3O)c2c1O. The third-order valence-electron chi connectivity index (χ3n) is 17.3. The number of phenols is 1. The van der Waals surface area contributed by atoms with E-state index in [9.17, 15) is 40.2 Å². The lowest BCUT2D eigenvalue weighted by Crippen LogP contribution is -2.69. The number of carbonyl (C=O) groups excluding carboxylic acids is 1. The lowest BCUT2D eigenvalue weighted by atomic mass is 9.50. The number of ketones is 1. The second-order valence-corrected chi connectivity index (χ2v) is 22.7. The molecule has 61 heavy (non-hydrogen) atoms. The zero-order valence-electron chi connectivity index (χ0n) is 35.6. The van der Waals surface area contributed by atoms with Crippen LogP contribution in [0.15, 0.2) is 18.2 Å². The number of carboxylic acid groups (broad SMARTS) is 1. The summed E-state index contributed by atoms with van der Waals surface area (Å²) < 4.78 is 25.9. The van der Waals surface area contributed by atoms with E-state index in [1.165, 1.54) is 94.1 Å². The number of aromatic carboxylic acids is 1. The molecule has 7 fully saturated rings. The number of aliphatic hydroxyl groups excluding tert-OH is 4. The van der Waals surface area contributed by atoms with E-state index >= 15 is 0 Å². The second kappa shape index (κ2) is 16.7. The number of ether oxygens (including phenoxy) is 4. The molecule has 4 spiro atoms. The van der Waals surface area contributed by atoms with Crippen LogP contribution >= 0.6 is 21.6 Å². The molecule has 2 aromatic carbocycles. The quantitative estimate of drug-likeness (QED) is 0.119. The van der Waals surface area contributed by atoms with E-state index < -0.39 is 54.3 Å². The fraction of sp³-hybridized carbons (Fsp3) is 0.745. The third-order valence-corrected chi connectivity index (χ3v) is 19.5. The van der Waals surface area contributed by atoms with Crippen molar-refractivity contribution < 1.29 is 59.2 Å². The number of hydrogen-bond donors (Lipinski definition) is 6. The normalized spacial score (nSPS) is 39.8. The maximum atomic E-state index is 12.6. The van der Waals surface area contributed by atoms with Crippen molar-refractivity contribution >= 4 is 44.1 Å². The lowest BCUT2D eigenvalue weighted by Gasteiger charge is -2.58. The standard InChI is InChI=1S/C47H64O12S2/c1-27-16-30-17-31(41(54)55)18-33(36(30)38(51)35(27)28(2)50)58-42-39(52)40(53)47(34(21-49)59-42)11-6-29-19-43(12-13-46(23-43)10-5-9-45(46)7-3-4-8-45)20-32-22-56-24-44(14-15-48,37(29)32)25-60-61-26-57-47/h16-18,29,32,34,37,39-40,42,48-49,51-53H,3-15,19-26H2,1-2H3,(H,54,55)/t29-,32+,34-,37+,39-,40-,42-,43-,44+,46+,47-/m1/s1. The van der Waals surface area contributed by atoms with Gasteiger partial charge in [0.25, 0.3) is 0 Å².